The van der Waals surface area contributed by atoms with Gasteiger partial charge in [0.2, 0.25) is 0 Å². The number of urea groups is 1. The van der Waals surface area contributed by atoms with Crippen molar-refractivity contribution in [1.82, 2.24) is 10.2 Å². The fraction of sp³-hybridized carbons (Fsp3) is 0.235. The normalized spacial score (nSPS) is 11.5. The van der Waals surface area contributed by atoms with Crippen LogP contribution in [0.3, 0.4) is 0 Å². The van der Waals surface area contributed by atoms with Gasteiger partial charge in [0.05, 0.1) is 13.1 Å². The van der Waals surface area contributed by atoms with Gasteiger partial charge in [-0.05, 0) is 17.0 Å². The molecule has 0 fully saturated rings. The maximum absolute atomic E-state index is 12.2. The summed E-state index contributed by atoms with van der Waals surface area (Å²) in [6.45, 7) is 0.796. The van der Waals surface area contributed by atoms with Gasteiger partial charge in [0.15, 0.2) is 0 Å². The van der Waals surface area contributed by atoms with Crippen LogP contribution in [0.1, 0.15) is 16.5 Å². The van der Waals surface area contributed by atoms with Gasteiger partial charge in [-0.2, -0.15) is 0 Å². The van der Waals surface area contributed by atoms with Crippen molar-refractivity contribution in [2.75, 3.05) is 13.1 Å². The summed E-state index contributed by atoms with van der Waals surface area (Å²) >= 11 is 1.47. The van der Waals surface area contributed by atoms with Gasteiger partial charge in [0.25, 0.3) is 0 Å². The quantitative estimate of drug-likeness (QED) is 0.805. The molecule has 0 saturated heterocycles. The van der Waals surface area contributed by atoms with Crippen molar-refractivity contribution < 1.29 is 9.90 Å². The van der Waals surface area contributed by atoms with Crippen LogP contribution in [-0.4, -0.2) is 29.1 Å². The van der Waals surface area contributed by atoms with E-state index in [-0.39, 0.29) is 19.1 Å². The summed E-state index contributed by atoms with van der Waals surface area (Å²) in [7, 11) is 0. The van der Waals surface area contributed by atoms with Crippen molar-refractivity contribution in [1.29, 1.82) is 0 Å². The predicted octanol–water partition coefficient (Wildman–Crippen LogP) is 2.63. The Morgan fingerprint density at radius 2 is 2.09 bits per heavy atom. The number of terminal acetylenes is 1. The Hall–Kier alpha value is -2.29. The van der Waals surface area contributed by atoms with E-state index < -0.39 is 6.10 Å². The molecule has 4 nitrogen and oxygen atoms in total. The van der Waals surface area contributed by atoms with E-state index in [1.807, 2.05) is 47.8 Å². The number of thiophene rings is 1. The molecule has 0 aliphatic heterocycles. The number of amides is 2. The number of aliphatic hydroxyl groups excluding tert-OH is 1. The van der Waals surface area contributed by atoms with Crippen LogP contribution in [0, 0.1) is 12.3 Å². The summed E-state index contributed by atoms with van der Waals surface area (Å²) in [5, 5.41) is 14.8. The molecule has 1 aromatic heterocycles. The number of nitrogens with one attached hydrogen (secondary N) is 1. The molecular weight excluding hydrogens is 296 g/mol. The third kappa shape index (κ3) is 4.62. The average molecular weight is 314 g/mol. The minimum Gasteiger partial charge on any atom is -0.386 e. The lowest BCUT2D eigenvalue weighted by Crippen LogP contribution is -2.41. The molecule has 0 aliphatic rings. The Bertz CT molecular complexity index is 620. The SMILES string of the molecule is C#CCNC(=O)N(Cc1ccccc1)CC(O)c1cccs1. The third-order valence-corrected chi connectivity index (χ3v) is 4.08. The summed E-state index contributed by atoms with van der Waals surface area (Å²) in [6.07, 6.45) is 4.47. The highest BCUT2D eigenvalue weighted by Gasteiger charge is 2.19. The summed E-state index contributed by atoms with van der Waals surface area (Å²) in [5.41, 5.74) is 0.997. The predicted molar refractivity (Wildman–Crippen MR) is 88.4 cm³/mol. The van der Waals surface area contributed by atoms with Crippen molar-refractivity contribution in [3.63, 3.8) is 0 Å². The number of carbonyl (C=O) groups is 1. The molecule has 0 spiro atoms. The summed E-state index contributed by atoms with van der Waals surface area (Å²) < 4.78 is 0. The Labute approximate surface area is 134 Å². The molecule has 1 unspecified atom stereocenters. The largest absolute Gasteiger partial charge is 0.386 e. The number of rotatable bonds is 6. The minimum atomic E-state index is -0.708. The molecule has 0 bridgehead atoms. The van der Waals surface area contributed by atoms with Crippen molar-refractivity contribution in [2.45, 2.75) is 12.6 Å². The monoisotopic (exact) mass is 314 g/mol. The van der Waals surface area contributed by atoms with E-state index >= 15 is 0 Å². The maximum atomic E-state index is 12.2. The Balaban J connectivity index is 2.07. The molecule has 1 aromatic carbocycles. The average Bonchev–Trinajstić information content (AvgIpc) is 3.07. The molecule has 2 rings (SSSR count). The zero-order chi connectivity index (χ0) is 15.8. The first-order valence-corrected chi connectivity index (χ1v) is 7.80. The van der Waals surface area contributed by atoms with Crippen LogP contribution in [-0.2, 0) is 6.54 Å². The van der Waals surface area contributed by atoms with E-state index in [9.17, 15) is 9.90 Å². The lowest BCUT2D eigenvalue weighted by Gasteiger charge is -2.25. The molecule has 0 radical (unpaired) electrons. The smallest absolute Gasteiger partial charge is 0.318 e. The summed E-state index contributed by atoms with van der Waals surface area (Å²) in [6, 6.07) is 13.1. The van der Waals surface area contributed by atoms with Crippen LogP contribution in [0.4, 0.5) is 4.79 Å². The zero-order valence-corrected chi connectivity index (χ0v) is 12.9. The second kappa shape index (κ2) is 8.23. The van der Waals surface area contributed by atoms with Gasteiger partial charge in [-0.15, -0.1) is 17.8 Å². The number of benzene rings is 1. The molecule has 0 saturated carbocycles. The molecule has 2 amide bonds. The van der Waals surface area contributed by atoms with Gasteiger partial charge in [0.1, 0.15) is 6.10 Å². The summed E-state index contributed by atoms with van der Waals surface area (Å²) in [4.78, 5) is 14.6. The van der Waals surface area contributed by atoms with Crippen molar-refractivity contribution >= 4 is 17.4 Å². The van der Waals surface area contributed by atoms with E-state index in [1.54, 1.807) is 4.90 Å². The molecule has 5 heteroatoms. The molecule has 1 heterocycles. The first kappa shape index (κ1) is 16.1. The first-order chi connectivity index (χ1) is 10.7. The molecule has 0 aliphatic carbocycles. The van der Waals surface area contributed by atoms with E-state index in [2.05, 4.69) is 11.2 Å². The van der Waals surface area contributed by atoms with Crippen LogP contribution in [0.5, 0.6) is 0 Å². The van der Waals surface area contributed by atoms with Gasteiger partial charge < -0.3 is 15.3 Å². The van der Waals surface area contributed by atoms with Gasteiger partial charge in [-0.3, -0.25) is 0 Å². The van der Waals surface area contributed by atoms with Gasteiger partial charge in [-0.1, -0.05) is 42.3 Å². The molecule has 1 atom stereocenters. The van der Waals surface area contributed by atoms with Gasteiger partial charge >= 0.3 is 6.03 Å². The van der Waals surface area contributed by atoms with Gasteiger partial charge in [0, 0.05) is 11.4 Å². The molecular formula is C17H18N2O2S. The molecule has 114 valence electrons. The van der Waals surface area contributed by atoms with Gasteiger partial charge in [-0.25, -0.2) is 4.79 Å². The van der Waals surface area contributed by atoms with Crippen LogP contribution in [0.25, 0.3) is 0 Å². The number of hydrogen-bond donors (Lipinski definition) is 2. The zero-order valence-electron chi connectivity index (χ0n) is 12.1. The number of nitrogens with zero attached hydrogens (tertiary/aromatic N) is 1. The third-order valence-electron chi connectivity index (χ3n) is 3.11. The maximum Gasteiger partial charge on any atom is 0.318 e. The Morgan fingerprint density at radius 3 is 2.73 bits per heavy atom. The molecule has 22 heavy (non-hydrogen) atoms. The second-order valence-corrected chi connectivity index (χ2v) is 5.74. The van der Waals surface area contributed by atoms with Crippen molar-refractivity contribution in [2.24, 2.45) is 0 Å². The fourth-order valence-corrected chi connectivity index (χ4v) is 2.74. The topological polar surface area (TPSA) is 52.6 Å². The van der Waals surface area contributed by atoms with Crippen LogP contribution in [0.15, 0.2) is 47.8 Å². The Kier molecular flexibility index (Phi) is 6.01. The highest BCUT2D eigenvalue weighted by molar-refractivity contribution is 7.10. The summed E-state index contributed by atoms with van der Waals surface area (Å²) in [5.74, 6) is 2.38. The Morgan fingerprint density at radius 1 is 1.32 bits per heavy atom. The number of hydrogen-bond acceptors (Lipinski definition) is 3. The fourth-order valence-electron chi connectivity index (χ4n) is 2.04. The molecule has 2 aromatic rings. The number of aliphatic hydroxyl groups is 1. The highest BCUT2D eigenvalue weighted by Crippen LogP contribution is 2.20. The number of carbonyl (C=O) groups excluding carboxylic acids is 1. The minimum absolute atomic E-state index is 0.166. The van der Waals surface area contributed by atoms with E-state index in [0.717, 1.165) is 10.4 Å². The first-order valence-electron chi connectivity index (χ1n) is 6.92. The lowest BCUT2D eigenvalue weighted by atomic mass is 10.2. The van der Waals surface area contributed by atoms with Crippen LogP contribution in [0.2, 0.25) is 0 Å². The van der Waals surface area contributed by atoms with E-state index in [4.69, 9.17) is 6.42 Å². The van der Waals surface area contributed by atoms with E-state index in [1.165, 1.54) is 11.3 Å². The molecule has 2 N–H and O–H groups in total. The van der Waals surface area contributed by atoms with Crippen LogP contribution < -0.4 is 5.32 Å². The van der Waals surface area contributed by atoms with Crippen molar-refractivity contribution in [3.05, 3.63) is 58.3 Å². The van der Waals surface area contributed by atoms with Crippen molar-refractivity contribution in [3.8, 4) is 12.3 Å². The van der Waals surface area contributed by atoms with E-state index in [0.29, 0.717) is 6.54 Å². The van der Waals surface area contributed by atoms with Crippen LogP contribution >= 0.6 is 11.3 Å². The second-order valence-electron chi connectivity index (χ2n) is 4.76. The highest BCUT2D eigenvalue weighted by atomic mass is 32.1. The standard InChI is InChI=1S/C17H18N2O2S/c1-2-10-18-17(21)19(12-14-7-4-3-5-8-14)13-15(20)16-9-6-11-22-16/h1,3-9,11,15,20H,10,12-13H2,(H,18,21). The lowest BCUT2D eigenvalue weighted by molar-refractivity contribution is 0.121.